The third-order valence-electron chi connectivity index (χ3n) is 4.29. The molecule has 0 aliphatic heterocycles. The molecule has 0 saturated heterocycles. The largest absolute Gasteiger partial charge is 0.496 e. The van der Waals surface area contributed by atoms with Gasteiger partial charge in [0.05, 0.1) is 24.9 Å². The van der Waals surface area contributed by atoms with Gasteiger partial charge in [-0.25, -0.2) is 0 Å². The molecule has 0 heterocycles. The Kier molecular flexibility index (Phi) is 7.67. The minimum absolute atomic E-state index is 0.0398. The lowest BCUT2D eigenvalue weighted by Gasteiger charge is -2.17. The van der Waals surface area contributed by atoms with Gasteiger partial charge in [-0.3, -0.25) is 4.79 Å². The lowest BCUT2D eigenvalue weighted by molar-refractivity contribution is -0.137. The summed E-state index contributed by atoms with van der Waals surface area (Å²) in [4.78, 5) is 12.3. The van der Waals surface area contributed by atoms with Crippen LogP contribution in [0.3, 0.4) is 0 Å². The van der Waals surface area contributed by atoms with Gasteiger partial charge in [0.2, 0.25) is 0 Å². The third-order valence-corrected chi connectivity index (χ3v) is 4.29. The van der Waals surface area contributed by atoms with Crippen molar-refractivity contribution >= 4 is 5.91 Å². The van der Waals surface area contributed by atoms with Crippen LogP contribution in [0.15, 0.2) is 42.5 Å². The summed E-state index contributed by atoms with van der Waals surface area (Å²) < 4.78 is 49.1. The van der Waals surface area contributed by atoms with Crippen molar-refractivity contribution in [2.45, 2.75) is 52.1 Å². The summed E-state index contributed by atoms with van der Waals surface area (Å²) in [5.74, 6) is 0.168. The molecule has 1 atom stereocenters. The first kappa shape index (κ1) is 22.7. The first-order valence-electron chi connectivity index (χ1n) is 9.37. The van der Waals surface area contributed by atoms with Gasteiger partial charge in [-0.05, 0) is 63.1 Å². The molecule has 0 bridgehead atoms. The molecule has 0 fully saturated rings. The average molecular weight is 409 g/mol. The van der Waals surface area contributed by atoms with Crippen LogP contribution in [0.2, 0.25) is 0 Å². The first-order valence-corrected chi connectivity index (χ1v) is 9.37. The Labute approximate surface area is 169 Å². The molecule has 158 valence electrons. The number of halogens is 3. The van der Waals surface area contributed by atoms with Gasteiger partial charge in [-0.15, -0.1) is 0 Å². The fourth-order valence-corrected chi connectivity index (χ4v) is 3.03. The molecule has 29 heavy (non-hydrogen) atoms. The third kappa shape index (κ3) is 6.78. The molecule has 1 N–H and O–H groups in total. The maximum Gasteiger partial charge on any atom is 0.416 e. The van der Waals surface area contributed by atoms with E-state index < -0.39 is 17.6 Å². The molecule has 0 spiro atoms. The lowest BCUT2D eigenvalue weighted by atomic mass is 10.0. The molecule has 0 saturated carbocycles. The summed E-state index contributed by atoms with van der Waals surface area (Å²) in [6, 6.07) is 9.83. The Hall–Kier alpha value is -2.54. The minimum Gasteiger partial charge on any atom is -0.496 e. The van der Waals surface area contributed by atoms with Crippen molar-refractivity contribution in [1.82, 2.24) is 5.32 Å². The van der Waals surface area contributed by atoms with Crippen molar-refractivity contribution in [3.63, 3.8) is 0 Å². The predicted molar refractivity (Wildman–Crippen MR) is 105 cm³/mol. The number of rotatable bonds is 8. The zero-order valence-electron chi connectivity index (χ0n) is 17.0. The number of carbonyl (C=O) groups is 1. The lowest BCUT2D eigenvalue weighted by Crippen LogP contribution is -2.23. The highest BCUT2D eigenvalue weighted by Gasteiger charge is 2.30. The van der Waals surface area contributed by atoms with E-state index in [1.54, 1.807) is 7.11 Å². The maximum absolute atomic E-state index is 12.6. The Morgan fingerprint density at radius 3 is 2.28 bits per heavy atom. The van der Waals surface area contributed by atoms with Gasteiger partial charge in [0, 0.05) is 17.7 Å². The number of benzene rings is 2. The fourth-order valence-electron chi connectivity index (χ4n) is 3.03. The molecule has 4 nitrogen and oxygen atoms in total. The van der Waals surface area contributed by atoms with Gasteiger partial charge < -0.3 is 14.8 Å². The summed E-state index contributed by atoms with van der Waals surface area (Å²) in [6.45, 7) is 6.14. The molecular formula is C22H26F3NO3. The van der Waals surface area contributed by atoms with Crippen LogP contribution in [0.1, 0.15) is 47.8 Å². The van der Waals surface area contributed by atoms with Gasteiger partial charge in [-0.2, -0.15) is 13.2 Å². The van der Waals surface area contributed by atoms with Gasteiger partial charge in [0.1, 0.15) is 5.75 Å². The molecule has 2 aromatic rings. The van der Waals surface area contributed by atoms with Crippen LogP contribution in [0.4, 0.5) is 13.2 Å². The number of amides is 1. The van der Waals surface area contributed by atoms with E-state index in [0.717, 1.165) is 35.4 Å². The Morgan fingerprint density at radius 2 is 1.72 bits per heavy atom. The van der Waals surface area contributed by atoms with E-state index >= 15 is 0 Å². The molecule has 0 aliphatic carbocycles. The smallest absolute Gasteiger partial charge is 0.416 e. The van der Waals surface area contributed by atoms with Crippen molar-refractivity contribution in [1.29, 1.82) is 0 Å². The fraction of sp³-hybridized carbons (Fsp3) is 0.409. The SMILES string of the molecule is COc1ccc(CC(C)OC(C)C)cc1CNC(=O)c1ccc(C(F)(F)F)cc1. The summed E-state index contributed by atoms with van der Waals surface area (Å²) in [7, 11) is 1.54. The van der Waals surface area contributed by atoms with Crippen molar-refractivity contribution < 1.29 is 27.4 Å². The van der Waals surface area contributed by atoms with E-state index in [1.807, 2.05) is 39.0 Å². The number of carbonyl (C=O) groups excluding carboxylic acids is 1. The van der Waals surface area contributed by atoms with E-state index in [0.29, 0.717) is 12.2 Å². The number of hydrogen-bond acceptors (Lipinski definition) is 3. The summed E-state index contributed by atoms with van der Waals surface area (Å²) in [5.41, 5.74) is 1.19. The van der Waals surface area contributed by atoms with Crippen LogP contribution < -0.4 is 10.1 Å². The summed E-state index contributed by atoms with van der Waals surface area (Å²) in [6.07, 6.45) is -3.55. The van der Waals surface area contributed by atoms with Crippen molar-refractivity contribution in [2.75, 3.05) is 7.11 Å². The molecule has 0 radical (unpaired) electrons. The van der Waals surface area contributed by atoms with E-state index in [1.165, 1.54) is 0 Å². The zero-order chi connectivity index (χ0) is 21.6. The second kappa shape index (κ2) is 9.78. The Bertz CT molecular complexity index is 817. The van der Waals surface area contributed by atoms with Gasteiger partial charge in [0.15, 0.2) is 0 Å². The highest BCUT2D eigenvalue weighted by molar-refractivity contribution is 5.94. The quantitative estimate of drug-likeness (QED) is 0.668. The second-order valence-corrected chi connectivity index (χ2v) is 7.10. The van der Waals surface area contributed by atoms with Gasteiger partial charge >= 0.3 is 6.18 Å². The normalized spacial score (nSPS) is 12.7. The molecule has 0 aliphatic rings. The Balaban J connectivity index is 2.06. The zero-order valence-corrected chi connectivity index (χ0v) is 17.0. The van der Waals surface area contributed by atoms with Gasteiger partial charge in [0.25, 0.3) is 5.91 Å². The van der Waals surface area contributed by atoms with Crippen LogP contribution in [0.25, 0.3) is 0 Å². The monoisotopic (exact) mass is 409 g/mol. The molecule has 0 aromatic heterocycles. The highest BCUT2D eigenvalue weighted by Crippen LogP contribution is 2.29. The average Bonchev–Trinajstić information content (AvgIpc) is 2.65. The number of nitrogens with one attached hydrogen (secondary N) is 1. The van der Waals surface area contributed by atoms with Crippen molar-refractivity contribution in [3.05, 3.63) is 64.7 Å². The molecule has 1 amide bonds. The molecular weight excluding hydrogens is 383 g/mol. The van der Waals surface area contributed by atoms with Gasteiger partial charge in [-0.1, -0.05) is 12.1 Å². The van der Waals surface area contributed by atoms with E-state index in [4.69, 9.17) is 9.47 Å². The summed E-state index contributed by atoms with van der Waals surface area (Å²) >= 11 is 0. The first-order chi connectivity index (χ1) is 13.6. The molecule has 1 unspecified atom stereocenters. The predicted octanol–water partition coefficient (Wildman–Crippen LogP) is 5.00. The van der Waals surface area contributed by atoms with E-state index in [2.05, 4.69) is 5.32 Å². The van der Waals surface area contributed by atoms with E-state index in [-0.39, 0.29) is 24.3 Å². The highest BCUT2D eigenvalue weighted by atomic mass is 19.4. The van der Waals surface area contributed by atoms with Crippen LogP contribution >= 0.6 is 0 Å². The number of ether oxygens (including phenoxy) is 2. The van der Waals surface area contributed by atoms with Crippen molar-refractivity contribution in [2.24, 2.45) is 0 Å². The molecule has 7 heteroatoms. The number of methoxy groups -OCH3 is 1. The molecule has 2 rings (SSSR count). The summed E-state index contributed by atoms with van der Waals surface area (Å²) in [5, 5.41) is 2.73. The second-order valence-electron chi connectivity index (χ2n) is 7.10. The standard InChI is InChI=1S/C22H26F3NO3/c1-14(2)29-15(3)11-16-5-10-20(28-4)18(12-16)13-26-21(27)17-6-8-19(9-7-17)22(23,24)25/h5-10,12,14-15H,11,13H2,1-4H3,(H,26,27). The van der Waals surface area contributed by atoms with Crippen LogP contribution in [-0.2, 0) is 23.9 Å². The molecule has 2 aromatic carbocycles. The van der Waals surface area contributed by atoms with Crippen LogP contribution in [0, 0.1) is 0 Å². The minimum atomic E-state index is -4.43. The number of alkyl halides is 3. The Morgan fingerprint density at radius 1 is 1.07 bits per heavy atom. The van der Waals surface area contributed by atoms with Crippen LogP contribution in [0.5, 0.6) is 5.75 Å². The van der Waals surface area contributed by atoms with Crippen molar-refractivity contribution in [3.8, 4) is 5.75 Å². The number of hydrogen-bond donors (Lipinski definition) is 1. The van der Waals surface area contributed by atoms with E-state index in [9.17, 15) is 18.0 Å². The maximum atomic E-state index is 12.6. The topological polar surface area (TPSA) is 47.6 Å². The van der Waals surface area contributed by atoms with Crippen LogP contribution in [-0.4, -0.2) is 25.2 Å².